The lowest BCUT2D eigenvalue weighted by atomic mass is 10.3. The maximum Gasteiger partial charge on any atom is 0.213 e. The van der Waals surface area contributed by atoms with Gasteiger partial charge in [-0.05, 0) is 50.3 Å². The predicted octanol–water partition coefficient (Wildman–Crippen LogP) is 4.11. The van der Waals surface area contributed by atoms with Crippen molar-refractivity contribution >= 4 is 41.3 Å². The number of rotatable bonds is 7. The summed E-state index contributed by atoms with van der Waals surface area (Å²) in [6.45, 7) is 10.4. The van der Waals surface area contributed by atoms with Crippen LogP contribution in [0.1, 0.15) is 36.8 Å². The van der Waals surface area contributed by atoms with Crippen LogP contribution in [-0.4, -0.2) is 23.6 Å². The van der Waals surface area contributed by atoms with Crippen molar-refractivity contribution in [1.82, 2.24) is 15.6 Å². The van der Waals surface area contributed by atoms with Crippen LogP contribution in [0.4, 0.5) is 0 Å². The zero-order valence-electron chi connectivity index (χ0n) is 15.2. The molecule has 0 fully saturated rings. The van der Waals surface area contributed by atoms with Gasteiger partial charge < -0.3 is 15.4 Å². The summed E-state index contributed by atoms with van der Waals surface area (Å²) in [5.74, 6) is 1.46. The van der Waals surface area contributed by atoms with E-state index in [2.05, 4.69) is 45.9 Å². The van der Waals surface area contributed by atoms with Gasteiger partial charge >= 0.3 is 0 Å². The summed E-state index contributed by atoms with van der Waals surface area (Å²) in [4.78, 5) is 10.3. The molecule has 2 rings (SSSR count). The normalized spacial score (nSPS) is 11.2. The number of hydrogen-bond acceptors (Lipinski definition) is 4. The third-order valence-electron chi connectivity index (χ3n) is 3.30. The number of halogens is 1. The quantitative estimate of drug-likeness (QED) is 0.360. The summed E-state index contributed by atoms with van der Waals surface area (Å²) in [7, 11) is 0. The third kappa shape index (κ3) is 7.60. The number of ether oxygens (including phenoxy) is 1. The van der Waals surface area contributed by atoms with Crippen molar-refractivity contribution in [2.24, 2.45) is 4.99 Å². The second-order valence-corrected chi connectivity index (χ2v) is 6.75. The summed E-state index contributed by atoms with van der Waals surface area (Å²) in [6.07, 6.45) is 1.94. The van der Waals surface area contributed by atoms with E-state index in [1.165, 1.54) is 10.4 Å². The van der Waals surface area contributed by atoms with E-state index in [-0.39, 0.29) is 30.1 Å². The lowest BCUT2D eigenvalue weighted by molar-refractivity contribution is 0.232. The maximum atomic E-state index is 5.55. The van der Waals surface area contributed by atoms with Crippen LogP contribution in [0.15, 0.2) is 34.8 Å². The van der Waals surface area contributed by atoms with Crippen molar-refractivity contribution < 1.29 is 4.74 Å². The first kappa shape index (κ1) is 21.7. The van der Waals surface area contributed by atoms with Crippen LogP contribution in [0.5, 0.6) is 5.88 Å². The zero-order chi connectivity index (χ0) is 17.4. The summed E-state index contributed by atoms with van der Waals surface area (Å²) in [5.41, 5.74) is 2.36. The molecule has 2 N–H and O–H groups in total. The maximum absolute atomic E-state index is 5.55. The molecular formula is C18H27IN4OS. The molecule has 0 aliphatic carbocycles. The fourth-order valence-electron chi connectivity index (χ4n) is 2.08. The number of aromatic nitrogens is 1. The van der Waals surface area contributed by atoms with Gasteiger partial charge in [0.1, 0.15) is 0 Å². The van der Waals surface area contributed by atoms with Gasteiger partial charge in [-0.15, -0.1) is 35.3 Å². The Morgan fingerprint density at radius 3 is 2.64 bits per heavy atom. The molecule has 2 aromatic rings. The highest BCUT2D eigenvalue weighted by Crippen LogP contribution is 2.14. The van der Waals surface area contributed by atoms with Gasteiger partial charge in [0.2, 0.25) is 5.88 Å². The lowest BCUT2D eigenvalue weighted by Crippen LogP contribution is -2.36. The minimum Gasteiger partial charge on any atom is -0.475 e. The fraction of sp³-hybridized carbons (Fsp3) is 0.444. The Morgan fingerprint density at radius 2 is 2.08 bits per heavy atom. The minimum atomic E-state index is 0. The number of nitrogens with one attached hydrogen (secondary N) is 2. The van der Waals surface area contributed by atoms with E-state index >= 15 is 0 Å². The highest BCUT2D eigenvalue weighted by Gasteiger charge is 2.03. The molecule has 0 amide bonds. The minimum absolute atomic E-state index is 0. The second kappa shape index (κ2) is 11.3. The van der Waals surface area contributed by atoms with Crippen LogP contribution in [0.3, 0.4) is 0 Å². The number of guanidine groups is 1. The summed E-state index contributed by atoms with van der Waals surface area (Å²) in [6, 6.07) is 6.03. The van der Waals surface area contributed by atoms with Gasteiger partial charge in [0.05, 0.1) is 19.2 Å². The number of nitrogens with zero attached hydrogens (tertiary/aromatic N) is 2. The third-order valence-corrected chi connectivity index (χ3v) is 4.33. The summed E-state index contributed by atoms with van der Waals surface area (Å²) < 4.78 is 5.55. The Morgan fingerprint density at radius 1 is 1.28 bits per heavy atom. The van der Waals surface area contributed by atoms with Crippen molar-refractivity contribution in [2.45, 2.75) is 46.9 Å². The van der Waals surface area contributed by atoms with E-state index in [0.717, 1.165) is 24.6 Å². The zero-order valence-corrected chi connectivity index (χ0v) is 18.4. The molecule has 2 heterocycles. The topological polar surface area (TPSA) is 58.5 Å². The van der Waals surface area contributed by atoms with E-state index in [0.29, 0.717) is 12.4 Å². The molecule has 0 atom stereocenters. The van der Waals surface area contributed by atoms with Crippen LogP contribution in [-0.2, 0) is 13.1 Å². The average Bonchev–Trinajstić information content (AvgIpc) is 2.96. The highest BCUT2D eigenvalue weighted by atomic mass is 127. The van der Waals surface area contributed by atoms with Gasteiger partial charge in [-0.25, -0.2) is 9.98 Å². The van der Waals surface area contributed by atoms with Gasteiger partial charge in [0.25, 0.3) is 0 Å². The fourth-order valence-corrected chi connectivity index (χ4v) is 2.92. The molecule has 0 aliphatic heterocycles. The van der Waals surface area contributed by atoms with Crippen molar-refractivity contribution in [3.8, 4) is 5.88 Å². The molecule has 0 radical (unpaired) electrons. The van der Waals surface area contributed by atoms with Gasteiger partial charge in [-0.2, -0.15) is 0 Å². The number of aliphatic imine (C=N–C) groups is 1. The number of pyridine rings is 1. The van der Waals surface area contributed by atoms with Crippen LogP contribution in [0, 0.1) is 6.92 Å². The Bertz CT molecular complexity index is 655. The number of aryl methyl sites for hydroxylation is 1. The molecule has 25 heavy (non-hydrogen) atoms. The van der Waals surface area contributed by atoms with Gasteiger partial charge in [0.15, 0.2) is 5.96 Å². The van der Waals surface area contributed by atoms with Gasteiger partial charge in [0, 0.05) is 23.7 Å². The molecule has 0 saturated heterocycles. The molecule has 138 valence electrons. The van der Waals surface area contributed by atoms with Crippen molar-refractivity contribution in [1.29, 1.82) is 0 Å². The number of hydrogen-bond donors (Lipinski definition) is 2. The smallest absolute Gasteiger partial charge is 0.213 e. The lowest BCUT2D eigenvalue weighted by Gasteiger charge is -2.11. The van der Waals surface area contributed by atoms with Crippen LogP contribution >= 0.6 is 35.3 Å². The van der Waals surface area contributed by atoms with Crippen molar-refractivity contribution in [3.05, 3.63) is 45.8 Å². The molecule has 0 bridgehead atoms. The van der Waals surface area contributed by atoms with Gasteiger partial charge in [-0.1, -0.05) is 6.07 Å². The van der Waals surface area contributed by atoms with Gasteiger partial charge in [-0.3, -0.25) is 0 Å². The van der Waals surface area contributed by atoms with E-state index in [9.17, 15) is 0 Å². The van der Waals surface area contributed by atoms with Crippen molar-refractivity contribution in [2.75, 3.05) is 6.54 Å². The Balaban J connectivity index is 0.00000312. The Labute approximate surface area is 171 Å². The molecule has 2 aromatic heterocycles. The van der Waals surface area contributed by atoms with Crippen LogP contribution in [0.2, 0.25) is 0 Å². The Kier molecular flexibility index (Phi) is 9.81. The van der Waals surface area contributed by atoms with E-state index < -0.39 is 0 Å². The van der Waals surface area contributed by atoms with E-state index in [4.69, 9.17) is 4.74 Å². The predicted molar refractivity (Wildman–Crippen MR) is 116 cm³/mol. The van der Waals surface area contributed by atoms with E-state index in [1.54, 1.807) is 11.3 Å². The SMILES string of the molecule is CCNC(=NCc1ccc(OC(C)C)nc1)NCc1sccc1C.I. The highest BCUT2D eigenvalue weighted by molar-refractivity contribution is 14.0. The standard InChI is InChI=1S/C18H26N4OS.HI/c1-5-19-18(22-12-16-14(4)8-9-24-16)21-11-15-6-7-17(20-10-15)23-13(2)3;/h6-10,13H,5,11-12H2,1-4H3,(H2,19,21,22);1H. The summed E-state index contributed by atoms with van der Waals surface area (Å²) >= 11 is 1.76. The molecule has 7 heteroatoms. The van der Waals surface area contributed by atoms with Crippen LogP contribution in [0.25, 0.3) is 0 Å². The monoisotopic (exact) mass is 474 g/mol. The second-order valence-electron chi connectivity index (χ2n) is 5.75. The van der Waals surface area contributed by atoms with Crippen LogP contribution < -0.4 is 15.4 Å². The molecular weight excluding hydrogens is 447 g/mol. The first-order valence-electron chi connectivity index (χ1n) is 8.25. The first-order valence-corrected chi connectivity index (χ1v) is 9.13. The molecule has 0 spiro atoms. The Hall–Kier alpha value is -1.35. The number of thiophene rings is 1. The first-order chi connectivity index (χ1) is 11.6. The molecule has 0 saturated carbocycles. The molecule has 5 nitrogen and oxygen atoms in total. The average molecular weight is 474 g/mol. The van der Waals surface area contributed by atoms with Crippen molar-refractivity contribution in [3.63, 3.8) is 0 Å². The molecule has 0 aromatic carbocycles. The molecule has 0 unspecified atom stereocenters. The molecule has 0 aliphatic rings. The van der Waals surface area contributed by atoms with E-state index in [1.807, 2.05) is 32.2 Å². The summed E-state index contributed by atoms with van der Waals surface area (Å²) in [5, 5.41) is 8.76. The largest absolute Gasteiger partial charge is 0.475 e.